The minimum absolute atomic E-state index is 0.344. The number of fused-ring (bicyclic) bond motifs is 1. The van der Waals surface area contributed by atoms with E-state index in [1.165, 1.54) is 7.11 Å². The van der Waals surface area contributed by atoms with E-state index in [1.54, 1.807) is 31.1 Å². The number of aromatic nitrogens is 5. The molecule has 0 radical (unpaired) electrons. The van der Waals surface area contributed by atoms with Crippen LogP contribution in [0.5, 0.6) is 0 Å². The van der Waals surface area contributed by atoms with E-state index in [0.29, 0.717) is 0 Å². The summed E-state index contributed by atoms with van der Waals surface area (Å²) in [5.74, 6) is 0.558. The number of hydrogen-bond acceptors (Lipinski definition) is 6. The number of nitrogens with zero attached hydrogens (tertiary/aromatic N) is 6. The van der Waals surface area contributed by atoms with Gasteiger partial charge in [-0.05, 0) is 33.8 Å². The normalized spacial score (nSPS) is 11.7. The number of rotatable bonds is 6. The van der Waals surface area contributed by atoms with Crippen molar-refractivity contribution in [3.05, 3.63) is 31.0 Å². The molecule has 3 heterocycles. The molecule has 0 spiro atoms. The smallest absolute Gasteiger partial charge is 0.333 e. The van der Waals surface area contributed by atoms with Crippen LogP contribution in [0.1, 0.15) is 27.7 Å². The van der Waals surface area contributed by atoms with Crippen molar-refractivity contribution < 1.29 is 9.53 Å². The van der Waals surface area contributed by atoms with Crippen LogP contribution < -0.4 is 4.90 Å². The Labute approximate surface area is 152 Å². The van der Waals surface area contributed by atoms with Gasteiger partial charge in [0.1, 0.15) is 11.8 Å². The van der Waals surface area contributed by atoms with Gasteiger partial charge in [-0.3, -0.25) is 4.68 Å². The van der Waals surface area contributed by atoms with E-state index in [-0.39, 0.29) is 5.97 Å². The van der Waals surface area contributed by atoms with Crippen molar-refractivity contribution in [2.45, 2.75) is 33.2 Å². The molecule has 0 bridgehead atoms. The summed E-state index contributed by atoms with van der Waals surface area (Å²) in [6, 6.07) is 2.04. The van der Waals surface area contributed by atoms with E-state index in [0.717, 1.165) is 35.6 Å². The van der Waals surface area contributed by atoms with Gasteiger partial charge in [0.2, 0.25) is 0 Å². The molecule has 0 N–H and O–H groups in total. The van der Waals surface area contributed by atoms with E-state index in [4.69, 9.17) is 4.74 Å². The molecule has 26 heavy (non-hydrogen) atoms. The van der Waals surface area contributed by atoms with Gasteiger partial charge in [-0.25, -0.2) is 14.3 Å². The molecule has 0 aliphatic carbocycles. The van der Waals surface area contributed by atoms with E-state index in [1.807, 2.05) is 23.0 Å². The molecule has 0 aliphatic rings. The van der Waals surface area contributed by atoms with Crippen LogP contribution in [0.3, 0.4) is 0 Å². The molecule has 0 aliphatic heterocycles. The second kappa shape index (κ2) is 6.78. The van der Waals surface area contributed by atoms with E-state index in [9.17, 15) is 4.79 Å². The monoisotopic (exact) mass is 356 g/mol. The fourth-order valence-corrected chi connectivity index (χ4v) is 2.96. The van der Waals surface area contributed by atoms with Crippen molar-refractivity contribution in [2.24, 2.45) is 0 Å². The SMILES string of the molecule is CCN(CC)c1ncnn2cc(-c3cnn(C(C)(C)C(=O)OC)c3)cc12. The predicted octanol–water partition coefficient (Wildman–Crippen LogP) is 2.35. The number of anilines is 1. The third-order valence-electron chi connectivity index (χ3n) is 4.62. The minimum atomic E-state index is -0.877. The maximum Gasteiger partial charge on any atom is 0.333 e. The van der Waals surface area contributed by atoms with Crippen molar-refractivity contribution in [1.29, 1.82) is 0 Å². The molecular formula is C18H24N6O2. The highest BCUT2D eigenvalue weighted by atomic mass is 16.5. The van der Waals surface area contributed by atoms with Crippen LogP contribution in [0.4, 0.5) is 5.82 Å². The summed E-state index contributed by atoms with van der Waals surface area (Å²) in [7, 11) is 1.38. The molecule has 0 unspecified atom stereocenters. The molecule has 0 aromatic carbocycles. The number of methoxy groups -OCH3 is 1. The first-order valence-electron chi connectivity index (χ1n) is 8.64. The van der Waals surface area contributed by atoms with Crippen LogP contribution in [-0.2, 0) is 15.1 Å². The maximum atomic E-state index is 12.0. The van der Waals surface area contributed by atoms with Gasteiger partial charge in [0, 0.05) is 36.6 Å². The van der Waals surface area contributed by atoms with Crippen molar-refractivity contribution in [3.63, 3.8) is 0 Å². The lowest BCUT2D eigenvalue weighted by atomic mass is 10.1. The Morgan fingerprint density at radius 2 is 1.92 bits per heavy atom. The molecule has 3 aromatic rings. The molecule has 3 aromatic heterocycles. The largest absolute Gasteiger partial charge is 0.467 e. The number of esters is 1. The average molecular weight is 356 g/mol. The zero-order chi connectivity index (χ0) is 18.9. The van der Waals surface area contributed by atoms with Gasteiger partial charge in [-0.1, -0.05) is 0 Å². The lowest BCUT2D eigenvalue weighted by Gasteiger charge is -2.21. The summed E-state index contributed by atoms with van der Waals surface area (Å²) >= 11 is 0. The van der Waals surface area contributed by atoms with Gasteiger partial charge in [0.05, 0.1) is 13.3 Å². The van der Waals surface area contributed by atoms with E-state index < -0.39 is 5.54 Å². The van der Waals surface area contributed by atoms with Crippen molar-refractivity contribution in [3.8, 4) is 11.1 Å². The molecule has 0 atom stereocenters. The molecule has 0 amide bonds. The summed E-state index contributed by atoms with van der Waals surface area (Å²) in [6.07, 6.45) is 7.09. The van der Waals surface area contributed by atoms with Crippen molar-refractivity contribution >= 4 is 17.3 Å². The third kappa shape index (κ3) is 2.91. The third-order valence-corrected chi connectivity index (χ3v) is 4.62. The number of hydrogen-bond donors (Lipinski definition) is 0. The Morgan fingerprint density at radius 3 is 2.58 bits per heavy atom. The van der Waals surface area contributed by atoms with Crippen LogP contribution in [0.15, 0.2) is 31.0 Å². The second-order valence-corrected chi connectivity index (χ2v) is 6.54. The molecule has 138 valence electrons. The predicted molar refractivity (Wildman–Crippen MR) is 99.1 cm³/mol. The molecular weight excluding hydrogens is 332 g/mol. The van der Waals surface area contributed by atoms with Gasteiger partial charge >= 0.3 is 5.97 Å². The summed E-state index contributed by atoms with van der Waals surface area (Å²) in [4.78, 5) is 18.6. The van der Waals surface area contributed by atoms with Crippen LogP contribution in [-0.4, -0.2) is 50.5 Å². The molecule has 8 nitrogen and oxygen atoms in total. The topological polar surface area (TPSA) is 77.6 Å². The highest BCUT2D eigenvalue weighted by molar-refractivity contribution is 5.79. The first-order valence-corrected chi connectivity index (χ1v) is 8.64. The summed E-state index contributed by atoms with van der Waals surface area (Å²) in [6.45, 7) is 9.49. The molecule has 0 fully saturated rings. The van der Waals surface area contributed by atoms with E-state index in [2.05, 4.69) is 33.9 Å². The molecule has 0 saturated heterocycles. The lowest BCUT2D eigenvalue weighted by Crippen LogP contribution is -2.37. The zero-order valence-electron chi connectivity index (χ0n) is 15.8. The number of ether oxygens (including phenoxy) is 1. The Morgan fingerprint density at radius 1 is 1.19 bits per heavy atom. The Hall–Kier alpha value is -2.90. The standard InChI is InChI=1S/C18H24N6O2/c1-6-22(7-2)16-15-8-13(10-23(15)21-12-19-16)14-9-20-24(11-14)18(3,4)17(25)26-5/h8-12H,6-7H2,1-5H3. The fourth-order valence-electron chi connectivity index (χ4n) is 2.96. The van der Waals surface area contributed by atoms with Crippen LogP contribution in [0, 0.1) is 0 Å². The Bertz CT molecular complexity index is 923. The highest BCUT2D eigenvalue weighted by Gasteiger charge is 2.31. The highest BCUT2D eigenvalue weighted by Crippen LogP contribution is 2.28. The first-order chi connectivity index (χ1) is 12.4. The zero-order valence-corrected chi connectivity index (χ0v) is 15.8. The molecule has 3 rings (SSSR count). The quantitative estimate of drug-likeness (QED) is 0.631. The lowest BCUT2D eigenvalue weighted by molar-refractivity contribution is -0.150. The number of carbonyl (C=O) groups excluding carboxylic acids is 1. The van der Waals surface area contributed by atoms with Crippen LogP contribution in [0.25, 0.3) is 16.6 Å². The Kier molecular flexibility index (Phi) is 4.67. The minimum Gasteiger partial charge on any atom is -0.467 e. The number of carbonyl (C=O) groups is 1. The summed E-state index contributed by atoms with van der Waals surface area (Å²) < 4.78 is 8.31. The average Bonchev–Trinajstić information content (AvgIpc) is 3.29. The van der Waals surface area contributed by atoms with Gasteiger partial charge in [0.25, 0.3) is 0 Å². The molecule has 0 saturated carbocycles. The maximum absolute atomic E-state index is 12.0. The van der Waals surface area contributed by atoms with E-state index >= 15 is 0 Å². The van der Waals surface area contributed by atoms with Crippen molar-refractivity contribution in [1.82, 2.24) is 24.4 Å². The van der Waals surface area contributed by atoms with Crippen molar-refractivity contribution in [2.75, 3.05) is 25.1 Å². The van der Waals surface area contributed by atoms with Gasteiger partial charge < -0.3 is 9.64 Å². The first kappa shape index (κ1) is 17.9. The second-order valence-electron chi connectivity index (χ2n) is 6.54. The van der Waals surface area contributed by atoms with Crippen LogP contribution >= 0.6 is 0 Å². The van der Waals surface area contributed by atoms with Crippen LogP contribution in [0.2, 0.25) is 0 Å². The fraction of sp³-hybridized carbons (Fsp3) is 0.444. The molecule has 8 heteroatoms. The van der Waals surface area contributed by atoms with Gasteiger partial charge in [-0.2, -0.15) is 10.2 Å². The summed E-state index contributed by atoms with van der Waals surface area (Å²) in [5, 5.41) is 8.67. The van der Waals surface area contributed by atoms with Gasteiger partial charge in [0.15, 0.2) is 11.4 Å². The Balaban J connectivity index is 2.02. The van der Waals surface area contributed by atoms with Gasteiger partial charge in [-0.15, -0.1) is 0 Å². The summed E-state index contributed by atoms with van der Waals surface area (Å²) in [5.41, 5.74) is 1.92.